The van der Waals surface area contributed by atoms with Crippen molar-refractivity contribution in [3.8, 4) is 0 Å². The Bertz CT molecular complexity index is 806. The molecule has 9 nitrogen and oxygen atoms in total. The van der Waals surface area contributed by atoms with Crippen LogP contribution in [0.15, 0.2) is 24.3 Å². The van der Waals surface area contributed by atoms with Crippen LogP contribution in [0.1, 0.15) is 17.4 Å². The van der Waals surface area contributed by atoms with Crippen molar-refractivity contribution in [3.05, 3.63) is 35.5 Å². The Kier molecular flexibility index (Phi) is 5.80. The third kappa shape index (κ3) is 3.57. The van der Waals surface area contributed by atoms with Crippen molar-refractivity contribution in [2.45, 2.75) is 43.0 Å². The number of nitrogens with one attached hydrogen (secondary N) is 2. The van der Waals surface area contributed by atoms with E-state index in [4.69, 9.17) is 4.74 Å². The molecule has 2 heterocycles. The van der Waals surface area contributed by atoms with Crippen LogP contribution in [0.25, 0.3) is 10.9 Å². The first-order chi connectivity index (χ1) is 12.9. The van der Waals surface area contributed by atoms with Gasteiger partial charge in [-0.2, -0.15) is 0 Å². The van der Waals surface area contributed by atoms with Gasteiger partial charge in [0.2, 0.25) is 0 Å². The van der Waals surface area contributed by atoms with E-state index in [9.17, 15) is 30.3 Å². The number of carbonyl (C=O) groups is 1. The second-order valence-corrected chi connectivity index (χ2v) is 6.70. The zero-order valence-corrected chi connectivity index (χ0v) is 14.7. The van der Waals surface area contributed by atoms with Gasteiger partial charge in [0.05, 0.1) is 12.3 Å². The number of benzene rings is 1. The van der Waals surface area contributed by atoms with Gasteiger partial charge < -0.3 is 40.6 Å². The molecule has 6 atom stereocenters. The van der Waals surface area contributed by atoms with Crippen LogP contribution in [0.3, 0.4) is 0 Å². The topological polar surface area (TPSA) is 155 Å². The van der Waals surface area contributed by atoms with E-state index in [-0.39, 0.29) is 6.42 Å². The predicted molar refractivity (Wildman–Crippen MR) is 95.2 cm³/mol. The summed E-state index contributed by atoms with van der Waals surface area (Å²) in [7, 11) is 1.54. The highest BCUT2D eigenvalue weighted by molar-refractivity contribution is 5.86. The molecule has 0 radical (unpaired) electrons. The van der Waals surface area contributed by atoms with E-state index in [1.54, 1.807) is 7.05 Å². The quantitative estimate of drug-likeness (QED) is 0.333. The van der Waals surface area contributed by atoms with Crippen molar-refractivity contribution in [1.29, 1.82) is 0 Å². The molecular formula is C18H24N2O7. The zero-order chi connectivity index (χ0) is 19.7. The van der Waals surface area contributed by atoms with Crippen LogP contribution in [0.4, 0.5) is 0 Å². The molecule has 6 unspecified atom stereocenters. The average molecular weight is 380 g/mol. The Hall–Kier alpha value is -2.01. The first-order valence-electron chi connectivity index (χ1n) is 8.69. The zero-order valence-electron chi connectivity index (χ0n) is 14.7. The lowest BCUT2D eigenvalue weighted by Gasteiger charge is -2.40. The first kappa shape index (κ1) is 19.7. The monoisotopic (exact) mass is 380 g/mol. The number of hydrogen-bond acceptors (Lipinski definition) is 7. The van der Waals surface area contributed by atoms with Crippen molar-refractivity contribution in [2.75, 3.05) is 13.7 Å². The third-order valence-electron chi connectivity index (χ3n) is 5.08. The maximum atomic E-state index is 11.5. The van der Waals surface area contributed by atoms with Crippen LogP contribution in [0.5, 0.6) is 0 Å². The Balaban J connectivity index is 2.07. The number of H-pyrrole nitrogens is 1. The molecule has 2 aromatic rings. The van der Waals surface area contributed by atoms with Crippen molar-refractivity contribution in [1.82, 2.24) is 10.3 Å². The maximum Gasteiger partial charge on any atom is 0.321 e. The van der Waals surface area contributed by atoms with E-state index in [1.165, 1.54) is 0 Å². The summed E-state index contributed by atoms with van der Waals surface area (Å²) in [6.45, 7) is -0.536. The fourth-order valence-electron chi connectivity index (χ4n) is 3.54. The molecule has 0 aliphatic carbocycles. The summed E-state index contributed by atoms with van der Waals surface area (Å²) in [4.78, 5) is 14.6. The van der Waals surface area contributed by atoms with Gasteiger partial charge in [0.1, 0.15) is 36.6 Å². The molecule has 1 aliphatic rings. The number of rotatable bonds is 6. The number of fused-ring (bicyclic) bond motifs is 1. The van der Waals surface area contributed by atoms with Gasteiger partial charge in [-0.15, -0.1) is 0 Å². The highest BCUT2D eigenvalue weighted by Gasteiger charge is 2.45. The van der Waals surface area contributed by atoms with Crippen LogP contribution in [0, 0.1) is 0 Å². The van der Waals surface area contributed by atoms with Crippen molar-refractivity contribution in [3.63, 3.8) is 0 Å². The molecule has 0 bridgehead atoms. The predicted octanol–water partition coefficient (Wildman–Crippen LogP) is -1.10. The minimum absolute atomic E-state index is 0.111. The molecule has 1 aromatic heterocycles. The Morgan fingerprint density at radius 3 is 2.56 bits per heavy atom. The molecule has 1 aliphatic heterocycles. The van der Waals surface area contributed by atoms with Crippen LogP contribution in [0.2, 0.25) is 0 Å². The molecule has 7 N–H and O–H groups in total. The normalized spacial score (nSPS) is 29.7. The molecule has 1 saturated heterocycles. The summed E-state index contributed by atoms with van der Waals surface area (Å²) >= 11 is 0. The highest BCUT2D eigenvalue weighted by Crippen LogP contribution is 2.37. The SMILES string of the molecule is CNC(Cc1c(C2OC(CO)C(O)C(O)C2O)[nH]c2ccccc12)C(=O)O. The second kappa shape index (κ2) is 7.93. The first-order valence-corrected chi connectivity index (χ1v) is 8.69. The third-order valence-corrected chi connectivity index (χ3v) is 5.08. The van der Waals surface area contributed by atoms with Crippen LogP contribution >= 0.6 is 0 Å². The van der Waals surface area contributed by atoms with Crippen LogP contribution in [-0.4, -0.2) is 80.6 Å². The molecule has 0 amide bonds. The number of aromatic nitrogens is 1. The van der Waals surface area contributed by atoms with Crippen molar-refractivity contribution >= 4 is 16.9 Å². The lowest BCUT2D eigenvalue weighted by molar-refractivity contribution is -0.232. The number of ether oxygens (including phenoxy) is 1. The fraction of sp³-hybridized carbons (Fsp3) is 0.500. The standard InChI is InChI=1S/C18H24N2O7/c1-19-11(18(25)26)6-9-8-4-2-3-5-10(8)20-13(9)17-16(24)15(23)14(22)12(7-21)27-17/h2-5,11-12,14-17,19-24H,6-7H2,1H3,(H,25,26). The molecule has 1 aromatic carbocycles. The Morgan fingerprint density at radius 2 is 1.93 bits per heavy atom. The van der Waals surface area contributed by atoms with E-state index >= 15 is 0 Å². The number of hydrogen-bond donors (Lipinski definition) is 7. The minimum Gasteiger partial charge on any atom is -0.480 e. The number of carboxylic acid groups (broad SMARTS) is 1. The summed E-state index contributed by atoms with van der Waals surface area (Å²) in [5.74, 6) is -1.03. The lowest BCUT2D eigenvalue weighted by Crippen LogP contribution is -2.55. The molecule has 0 spiro atoms. The smallest absolute Gasteiger partial charge is 0.321 e. The number of carboxylic acids is 1. The van der Waals surface area contributed by atoms with E-state index in [0.717, 1.165) is 10.9 Å². The van der Waals surface area contributed by atoms with Gasteiger partial charge in [0.15, 0.2) is 0 Å². The van der Waals surface area contributed by atoms with E-state index in [0.29, 0.717) is 11.3 Å². The van der Waals surface area contributed by atoms with Gasteiger partial charge in [0, 0.05) is 17.3 Å². The summed E-state index contributed by atoms with van der Waals surface area (Å²) < 4.78 is 5.65. The number of para-hydroxylation sites is 1. The Morgan fingerprint density at radius 1 is 1.22 bits per heavy atom. The van der Waals surface area contributed by atoms with Crippen LogP contribution < -0.4 is 5.32 Å². The van der Waals surface area contributed by atoms with Crippen molar-refractivity contribution < 1.29 is 35.1 Å². The van der Waals surface area contributed by atoms with Gasteiger partial charge in [0.25, 0.3) is 0 Å². The fourth-order valence-corrected chi connectivity index (χ4v) is 3.54. The Labute approximate surface area is 155 Å². The highest BCUT2D eigenvalue weighted by atomic mass is 16.5. The number of aliphatic hydroxyl groups excluding tert-OH is 4. The number of aliphatic carboxylic acids is 1. The number of aromatic amines is 1. The molecule has 1 fully saturated rings. The molecule has 27 heavy (non-hydrogen) atoms. The molecule has 9 heteroatoms. The second-order valence-electron chi connectivity index (χ2n) is 6.70. The lowest BCUT2D eigenvalue weighted by atomic mass is 9.90. The largest absolute Gasteiger partial charge is 0.480 e. The van der Waals surface area contributed by atoms with Gasteiger partial charge in [-0.3, -0.25) is 4.79 Å². The van der Waals surface area contributed by atoms with E-state index in [2.05, 4.69) is 10.3 Å². The minimum atomic E-state index is -1.51. The number of aliphatic hydroxyl groups is 4. The maximum absolute atomic E-state index is 11.5. The van der Waals surface area contributed by atoms with E-state index < -0.39 is 49.1 Å². The summed E-state index contributed by atoms with van der Waals surface area (Å²) in [6, 6.07) is 6.39. The summed E-state index contributed by atoms with van der Waals surface area (Å²) in [5.41, 5.74) is 1.76. The summed E-state index contributed by atoms with van der Waals surface area (Å²) in [5, 5.41) is 52.9. The number of likely N-dealkylation sites (N-methyl/N-ethyl adjacent to an activating group) is 1. The average Bonchev–Trinajstić information content (AvgIpc) is 3.02. The van der Waals surface area contributed by atoms with Gasteiger partial charge >= 0.3 is 5.97 Å². The van der Waals surface area contributed by atoms with Crippen LogP contribution in [-0.2, 0) is 16.0 Å². The molecule has 3 rings (SSSR count). The summed E-state index contributed by atoms with van der Waals surface area (Å²) in [6.07, 6.45) is -6.42. The van der Waals surface area contributed by atoms with Gasteiger partial charge in [-0.05, 0) is 18.7 Å². The molecule has 148 valence electrons. The van der Waals surface area contributed by atoms with Gasteiger partial charge in [-0.1, -0.05) is 18.2 Å². The van der Waals surface area contributed by atoms with E-state index in [1.807, 2.05) is 24.3 Å². The van der Waals surface area contributed by atoms with Crippen molar-refractivity contribution in [2.24, 2.45) is 0 Å². The molecule has 0 saturated carbocycles. The molecular weight excluding hydrogens is 356 g/mol. The van der Waals surface area contributed by atoms with Gasteiger partial charge in [-0.25, -0.2) is 0 Å².